The Labute approximate surface area is 108 Å². The number of hydrogen-bond donors (Lipinski definition) is 1. The van der Waals surface area contributed by atoms with E-state index in [1.165, 1.54) is 25.1 Å². The van der Waals surface area contributed by atoms with E-state index in [4.69, 9.17) is 4.74 Å². The molecule has 0 bridgehead atoms. The number of pyridine rings is 1. The van der Waals surface area contributed by atoms with Gasteiger partial charge in [0, 0.05) is 12.1 Å². The Morgan fingerprint density at radius 2 is 2.33 bits per heavy atom. The molecule has 2 rings (SSSR count). The number of hydrogen-bond acceptors (Lipinski definition) is 3. The number of halogens is 1. The first kappa shape index (κ1) is 13.3. The fourth-order valence-electron chi connectivity index (χ4n) is 2.54. The Balaban J connectivity index is 2.07. The summed E-state index contributed by atoms with van der Waals surface area (Å²) in [6.07, 6.45) is 6.07. The van der Waals surface area contributed by atoms with Crippen molar-refractivity contribution in [2.45, 2.75) is 45.3 Å². The van der Waals surface area contributed by atoms with Crippen molar-refractivity contribution in [1.29, 1.82) is 0 Å². The van der Waals surface area contributed by atoms with Gasteiger partial charge in [-0.2, -0.15) is 0 Å². The highest BCUT2D eigenvalue weighted by Gasteiger charge is 2.21. The molecule has 0 aliphatic heterocycles. The molecule has 0 aromatic carbocycles. The first-order valence-electron chi connectivity index (χ1n) is 6.64. The maximum Gasteiger partial charge on any atom is 0.218 e. The minimum Gasteiger partial charge on any atom is -0.474 e. The summed E-state index contributed by atoms with van der Waals surface area (Å²) in [6, 6.07) is 1.49. The molecule has 100 valence electrons. The molecular formula is C14H21FN2O. The summed E-state index contributed by atoms with van der Waals surface area (Å²) in [6.45, 7) is 2.82. The molecule has 2 atom stereocenters. The number of nitrogens with zero attached hydrogens (tertiary/aromatic N) is 1. The summed E-state index contributed by atoms with van der Waals surface area (Å²) in [5.41, 5.74) is 0.788. The van der Waals surface area contributed by atoms with Crippen LogP contribution in [0.25, 0.3) is 0 Å². The highest BCUT2D eigenvalue weighted by atomic mass is 19.1. The fourth-order valence-corrected chi connectivity index (χ4v) is 2.54. The molecule has 1 aliphatic rings. The molecule has 1 saturated carbocycles. The zero-order valence-corrected chi connectivity index (χ0v) is 11.1. The van der Waals surface area contributed by atoms with Crippen LogP contribution in [0.1, 0.15) is 38.2 Å². The number of rotatable bonds is 4. The lowest BCUT2D eigenvalue weighted by Crippen LogP contribution is -2.25. The SMILES string of the molecule is CNCc1cc(F)cnc1OC1CCCC(C)C1. The molecule has 3 nitrogen and oxygen atoms in total. The van der Waals surface area contributed by atoms with Crippen LogP contribution in [-0.2, 0) is 6.54 Å². The second kappa shape index (κ2) is 6.14. The Morgan fingerprint density at radius 1 is 1.50 bits per heavy atom. The average molecular weight is 252 g/mol. The Kier molecular flexibility index (Phi) is 4.53. The number of aromatic nitrogens is 1. The predicted molar refractivity (Wildman–Crippen MR) is 69.0 cm³/mol. The molecule has 0 radical (unpaired) electrons. The molecule has 4 heteroatoms. The van der Waals surface area contributed by atoms with Gasteiger partial charge in [-0.1, -0.05) is 13.3 Å². The predicted octanol–water partition coefficient (Wildman–Crippen LogP) is 2.90. The first-order chi connectivity index (χ1) is 8.69. The van der Waals surface area contributed by atoms with E-state index in [2.05, 4.69) is 17.2 Å². The third kappa shape index (κ3) is 3.42. The monoisotopic (exact) mass is 252 g/mol. The molecule has 0 saturated heterocycles. The lowest BCUT2D eigenvalue weighted by molar-refractivity contribution is 0.122. The van der Waals surface area contributed by atoms with Gasteiger partial charge >= 0.3 is 0 Å². The summed E-state index contributed by atoms with van der Waals surface area (Å²) in [4.78, 5) is 4.08. The third-order valence-electron chi connectivity index (χ3n) is 3.43. The van der Waals surface area contributed by atoms with Crippen LogP contribution < -0.4 is 10.1 Å². The second-order valence-electron chi connectivity index (χ2n) is 5.16. The molecule has 1 N–H and O–H groups in total. The smallest absolute Gasteiger partial charge is 0.218 e. The highest BCUT2D eigenvalue weighted by Crippen LogP contribution is 2.28. The van der Waals surface area contributed by atoms with Gasteiger partial charge in [0.25, 0.3) is 0 Å². The second-order valence-corrected chi connectivity index (χ2v) is 5.16. The lowest BCUT2D eigenvalue weighted by atomic mass is 9.89. The van der Waals surface area contributed by atoms with Crippen molar-refractivity contribution in [2.24, 2.45) is 5.92 Å². The Bertz CT molecular complexity index is 397. The summed E-state index contributed by atoms with van der Waals surface area (Å²) >= 11 is 0. The van der Waals surface area contributed by atoms with Crippen LogP contribution in [0.5, 0.6) is 5.88 Å². The zero-order valence-electron chi connectivity index (χ0n) is 11.1. The average Bonchev–Trinajstić information content (AvgIpc) is 2.33. The van der Waals surface area contributed by atoms with Crippen molar-refractivity contribution in [3.05, 3.63) is 23.6 Å². The maximum atomic E-state index is 13.2. The van der Waals surface area contributed by atoms with Crippen molar-refractivity contribution in [1.82, 2.24) is 10.3 Å². The summed E-state index contributed by atoms with van der Waals surface area (Å²) < 4.78 is 19.1. The van der Waals surface area contributed by atoms with Crippen LogP contribution in [0.15, 0.2) is 12.3 Å². The van der Waals surface area contributed by atoms with Gasteiger partial charge < -0.3 is 10.1 Å². The first-order valence-corrected chi connectivity index (χ1v) is 6.64. The van der Waals surface area contributed by atoms with Gasteiger partial charge in [0.05, 0.1) is 6.20 Å². The van der Waals surface area contributed by atoms with Gasteiger partial charge in [-0.25, -0.2) is 9.37 Å². The summed E-state index contributed by atoms with van der Waals surface area (Å²) in [7, 11) is 1.83. The van der Waals surface area contributed by atoms with Crippen LogP contribution in [0.4, 0.5) is 4.39 Å². The standard InChI is InChI=1S/C14H21FN2O/c1-10-4-3-5-13(6-10)18-14-11(8-16-2)7-12(15)9-17-14/h7,9-10,13,16H,3-6,8H2,1-2H3. The quantitative estimate of drug-likeness (QED) is 0.894. The lowest BCUT2D eigenvalue weighted by Gasteiger charge is -2.27. The molecule has 0 spiro atoms. The highest BCUT2D eigenvalue weighted by molar-refractivity contribution is 5.26. The molecule has 1 aromatic heterocycles. The fraction of sp³-hybridized carbons (Fsp3) is 0.643. The summed E-state index contributed by atoms with van der Waals surface area (Å²) in [5, 5.41) is 3.01. The maximum absolute atomic E-state index is 13.2. The number of nitrogens with one attached hydrogen (secondary N) is 1. The minimum absolute atomic E-state index is 0.224. The van der Waals surface area contributed by atoms with Crippen LogP contribution in [0.2, 0.25) is 0 Å². The molecule has 2 unspecified atom stereocenters. The molecule has 1 aromatic rings. The van der Waals surface area contributed by atoms with Crippen LogP contribution in [0, 0.1) is 11.7 Å². The van der Waals surface area contributed by atoms with Crippen molar-refractivity contribution in [3.63, 3.8) is 0 Å². The van der Waals surface area contributed by atoms with E-state index < -0.39 is 0 Å². The summed E-state index contributed by atoms with van der Waals surface area (Å²) in [5.74, 6) is 0.964. The number of ether oxygens (including phenoxy) is 1. The van der Waals surface area contributed by atoms with Gasteiger partial charge in [0.2, 0.25) is 5.88 Å². The van der Waals surface area contributed by atoms with Crippen LogP contribution in [0.3, 0.4) is 0 Å². The van der Waals surface area contributed by atoms with E-state index in [9.17, 15) is 4.39 Å². The van der Waals surface area contributed by atoms with Gasteiger partial charge in [-0.15, -0.1) is 0 Å². The zero-order chi connectivity index (χ0) is 13.0. The van der Waals surface area contributed by atoms with Gasteiger partial charge in [-0.3, -0.25) is 0 Å². The van der Waals surface area contributed by atoms with Gasteiger partial charge in [0.1, 0.15) is 11.9 Å². The van der Waals surface area contributed by atoms with E-state index >= 15 is 0 Å². The van der Waals surface area contributed by atoms with Gasteiger partial charge in [0.15, 0.2) is 0 Å². The van der Waals surface area contributed by atoms with E-state index in [0.717, 1.165) is 18.4 Å². The van der Waals surface area contributed by atoms with Crippen molar-refractivity contribution in [3.8, 4) is 5.88 Å². The van der Waals surface area contributed by atoms with Crippen molar-refractivity contribution < 1.29 is 9.13 Å². The van der Waals surface area contributed by atoms with Crippen molar-refractivity contribution >= 4 is 0 Å². The Morgan fingerprint density at radius 3 is 3.06 bits per heavy atom. The van der Waals surface area contributed by atoms with Gasteiger partial charge in [-0.05, 0) is 38.3 Å². The largest absolute Gasteiger partial charge is 0.474 e. The normalized spacial score (nSPS) is 23.9. The third-order valence-corrected chi connectivity index (χ3v) is 3.43. The molecule has 0 amide bonds. The molecular weight excluding hydrogens is 231 g/mol. The van der Waals surface area contributed by atoms with E-state index in [1.807, 2.05) is 7.05 Å². The van der Waals surface area contributed by atoms with E-state index in [0.29, 0.717) is 18.3 Å². The van der Waals surface area contributed by atoms with E-state index in [-0.39, 0.29) is 11.9 Å². The van der Waals surface area contributed by atoms with Crippen LogP contribution in [-0.4, -0.2) is 18.1 Å². The topological polar surface area (TPSA) is 34.2 Å². The molecule has 1 fully saturated rings. The van der Waals surface area contributed by atoms with E-state index in [1.54, 1.807) is 0 Å². The molecule has 1 aliphatic carbocycles. The Hall–Kier alpha value is -1.16. The molecule has 1 heterocycles. The minimum atomic E-state index is -0.315. The molecule has 18 heavy (non-hydrogen) atoms. The van der Waals surface area contributed by atoms with Crippen molar-refractivity contribution in [2.75, 3.05) is 7.05 Å². The van der Waals surface area contributed by atoms with Crippen LogP contribution >= 0.6 is 0 Å².